The van der Waals surface area contributed by atoms with Crippen LogP contribution in [0.4, 0.5) is 0 Å². The van der Waals surface area contributed by atoms with Gasteiger partial charge in [0.2, 0.25) is 0 Å². The maximum Gasteiger partial charge on any atom is 0.0948 e. The molecule has 2 aromatic heterocycles. The maximum absolute atomic E-state index is 6.35. The second-order valence-corrected chi connectivity index (χ2v) is 5.76. The van der Waals surface area contributed by atoms with Gasteiger partial charge in [0.1, 0.15) is 0 Å². The number of imidazole rings is 1. The van der Waals surface area contributed by atoms with Crippen LogP contribution >= 0.6 is 11.3 Å². The monoisotopic (exact) mass is 298 g/mol. The molecule has 21 heavy (non-hydrogen) atoms. The fourth-order valence-electron chi connectivity index (χ4n) is 2.40. The largest absolute Gasteiger partial charge is 0.333 e. The Morgan fingerprint density at radius 1 is 1.24 bits per heavy atom. The molecule has 3 aromatic rings. The normalized spacial score (nSPS) is 12.4. The number of nitrogens with two attached hydrogens (primary N) is 1. The molecule has 0 radical (unpaired) electrons. The molecule has 108 valence electrons. The van der Waals surface area contributed by atoms with E-state index < -0.39 is 0 Å². The number of nitrogens with zero attached hydrogens (tertiary/aromatic N) is 3. The predicted octanol–water partition coefficient (Wildman–Crippen LogP) is 2.82. The minimum Gasteiger partial charge on any atom is -0.333 e. The second-order valence-electron chi connectivity index (χ2n) is 5.04. The van der Waals surface area contributed by atoms with Crippen LogP contribution < -0.4 is 5.73 Å². The molecular weight excluding hydrogens is 280 g/mol. The molecule has 1 aromatic carbocycles. The summed E-state index contributed by atoms with van der Waals surface area (Å²) in [6.45, 7) is 0.863. The smallest absolute Gasteiger partial charge is 0.0948 e. The highest BCUT2D eigenvalue weighted by atomic mass is 32.1. The Morgan fingerprint density at radius 2 is 2.10 bits per heavy atom. The molecule has 0 aliphatic rings. The summed E-state index contributed by atoms with van der Waals surface area (Å²) < 4.78 is 2.13. The maximum atomic E-state index is 6.35. The van der Waals surface area contributed by atoms with Gasteiger partial charge in [-0.25, -0.2) is 9.97 Å². The zero-order valence-electron chi connectivity index (χ0n) is 11.7. The first-order valence-electron chi connectivity index (χ1n) is 6.99. The lowest BCUT2D eigenvalue weighted by atomic mass is 10.0. The van der Waals surface area contributed by atoms with E-state index in [0.717, 1.165) is 30.8 Å². The first-order chi connectivity index (χ1) is 10.3. The Kier molecular flexibility index (Phi) is 4.43. The topological polar surface area (TPSA) is 56.7 Å². The number of hydrogen-bond donors (Lipinski definition) is 1. The molecule has 4 nitrogen and oxygen atoms in total. The van der Waals surface area contributed by atoms with Crippen molar-refractivity contribution in [1.29, 1.82) is 0 Å². The van der Waals surface area contributed by atoms with E-state index in [1.165, 1.54) is 5.56 Å². The van der Waals surface area contributed by atoms with E-state index in [0.29, 0.717) is 0 Å². The average molecular weight is 298 g/mol. The molecular formula is C16H18N4S. The summed E-state index contributed by atoms with van der Waals surface area (Å²) in [5, 5.41) is 2.08. The summed E-state index contributed by atoms with van der Waals surface area (Å²) in [5.74, 6) is 0. The highest BCUT2D eigenvalue weighted by Crippen LogP contribution is 2.16. The van der Waals surface area contributed by atoms with E-state index in [-0.39, 0.29) is 6.04 Å². The van der Waals surface area contributed by atoms with Crippen molar-refractivity contribution in [2.75, 3.05) is 0 Å². The van der Waals surface area contributed by atoms with Gasteiger partial charge in [-0.2, -0.15) is 0 Å². The van der Waals surface area contributed by atoms with Crippen LogP contribution in [0.5, 0.6) is 0 Å². The van der Waals surface area contributed by atoms with E-state index in [9.17, 15) is 0 Å². The summed E-state index contributed by atoms with van der Waals surface area (Å²) in [6.07, 6.45) is 5.45. The van der Waals surface area contributed by atoms with Crippen molar-refractivity contribution in [2.45, 2.75) is 25.4 Å². The van der Waals surface area contributed by atoms with Gasteiger partial charge in [0, 0.05) is 24.5 Å². The molecule has 0 amide bonds. The Balaban J connectivity index is 1.66. The molecule has 0 aliphatic carbocycles. The van der Waals surface area contributed by atoms with Gasteiger partial charge in [0.15, 0.2) is 0 Å². The molecule has 0 unspecified atom stereocenters. The SMILES string of the molecule is N[C@H](Cc1ccccc1)c1cncn1CCc1cscn1. The zero-order valence-corrected chi connectivity index (χ0v) is 12.5. The standard InChI is InChI=1S/C16H18N4S/c17-15(8-13-4-2-1-3-5-13)16-9-18-11-20(16)7-6-14-10-21-12-19-14/h1-5,9-12,15H,6-8,17H2/t15-/m1/s1. The number of aromatic nitrogens is 3. The van der Waals surface area contributed by atoms with Gasteiger partial charge in [-0.1, -0.05) is 30.3 Å². The summed E-state index contributed by atoms with van der Waals surface area (Å²) in [6, 6.07) is 10.3. The van der Waals surface area contributed by atoms with Gasteiger partial charge in [-0.15, -0.1) is 11.3 Å². The minimum absolute atomic E-state index is 0.0367. The van der Waals surface area contributed by atoms with Crippen molar-refractivity contribution < 1.29 is 0 Å². The molecule has 2 N–H and O–H groups in total. The van der Waals surface area contributed by atoms with E-state index in [2.05, 4.69) is 32.0 Å². The lowest BCUT2D eigenvalue weighted by molar-refractivity contribution is 0.594. The van der Waals surface area contributed by atoms with Gasteiger partial charge in [0.05, 0.1) is 29.3 Å². The lowest BCUT2D eigenvalue weighted by Crippen LogP contribution is -2.18. The summed E-state index contributed by atoms with van der Waals surface area (Å²) >= 11 is 1.63. The number of aryl methyl sites for hydroxylation is 2. The molecule has 0 saturated heterocycles. The molecule has 0 bridgehead atoms. The first kappa shape index (κ1) is 14.0. The molecule has 1 atom stereocenters. The van der Waals surface area contributed by atoms with Crippen LogP contribution in [0.1, 0.15) is 23.0 Å². The first-order valence-corrected chi connectivity index (χ1v) is 7.94. The van der Waals surface area contributed by atoms with Gasteiger partial charge in [-0.3, -0.25) is 0 Å². The number of hydrogen-bond acceptors (Lipinski definition) is 4. The third kappa shape index (κ3) is 3.56. The van der Waals surface area contributed by atoms with Crippen molar-refractivity contribution in [1.82, 2.24) is 14.5 Å². The van der Waals surface area contributed by atoms with Crippen molar-refractivity contribution in [3.8, 4) is 0 Å². The van der Waals surface area contributed by atoms with E-state index in [4.69, 9.17) is 5.73 Å². The van der Waals surface area contributed by atoms with Crippen LogP contribution in [0.15, 0.2) is 53.7 Å². The van der Waals surface area contributed by atoms with Crippen molar-refractivity contribution in [3.63, 3.8) is 0 Å². The molecule has 0 aliphatic heterocycles. The summed E-state index contributed by atoms with van der Waals surface area (Å²) in [5.41, 5.74) is 11.7. The average Bonchev–Trinajstić information content (AvgIpc) is 3.17. The Hall–Kier alpha value is -1.98. The van der Waals surface area contributed by atoms with E-state index in [1.807, 2.05) is 36.2 Å². The van der Waals surface area contributed by atoms with E-state index >= 15 is 0 Å². The third-order valence-corrected chi connectivity index (χ3v) is 4.15. The quantitative estimate of drug-likeness (QED) is 0.761. The van der Waals surface area contributed by atoms with Crippen molar-refractivity contribution in [2.24, 2.45) is 5.73 Å². The second kappa shape index (κ2) is 6.65. The van der Waals surface area contributed by atoms with Gasteiger partial charge in [0.25, 0.3) is 0 Å². The Bertz CT molecular complexity index is 661. The molecule has 0 fully saturated rings. The highest BCUT2D eigenvalue weighted by molar-refractivity contribution is 7.07. The van der Waals surface area contributed by atoms with Gasteiger partial charge >= 0.3 is 0 Å². The Labute approximate surface area is 128 Å². The van der Waals surface area contributed by atoms with Gasteiger partial charge in [-0.05, 0) is 12.0 Å². The lowest BCUT2D eigenvalue weighted by Gasteiger charge is -2.14. The molecule has 3 rings (SSSR count). The fraction of sp³-hybridized carbons (Fsp3) is 0.250. The van der Waals surface area contributed by atoms with Gasteiger partial charge < -0.3 is 10.3 Å². The zero-order chi connectivity index (χ0) is 14.5. The minimum atomic E-state index is -0.0367. The molecule has 5 heteroatoms. The van der Waals surface area contributed by atoms with Crippen LogP contribution in [-0.4, -0.2) is 14.5 Å². The van der Waals surface area contributed by atoms with Crippen molar-refractivity contribution >= 4 is 11.3 Å². The number of thiazole rings is 1. The number of rotatable bonds is 6. The van der Waals surface area contributed by atoms with Crippen LogP contribution in [-0.2, 0) is 19.4 Å². The highest BCUT2D eigenvalue weighted by Gasteiger charge is 2.12. The fourth-order valence-corrected chi connectivity index (χ4v) is 2.99. The molecule has 0 saturated carbocycles. The number of benzene rings is 1. The third-order valence-electron chi connectivity index (χ3n) is 3.52. The summed E-state index contributed by atoms with van der Waals surface area (Å²) in [7, 11) is 0. The Morgan fingerprint density at radius 3 is 2.86 bits per heavy atom. The van der Waals surface area contributed by atoms with Crippen LogP contribution in [0, 0.1) is 0 Å². The molecule has 0 spiro atoms. The van der Waals surface area contributed by atoms with Crippen molar-refractivity contribution in [3.05, 3.63) is 70.7 Å². The van der Waals surface area contributed by atoms with Crippen LogP contribution in [0.25, 0.3) is 0 Å². The van der Waals surface area contributed by atoms with Crippen LogP contribution in [0.2, 0.25) is 0 Å². The van der Waals surface area contributed by atoms with Crippen LogP contribution in [0.3, 0.4) is 0 Å². The predicted molar refractivity (Wildman–Crippen MR) is 85.1 cm³/mol. The summed E-state index contributed by atoms with van der Waals surface area (Å²) in [4.78, 5) is 8.56. The molecule has 2 heterocycles. The van der Waals surface area contributed by atoms with E-state index in [1.54, 1.807) is 11.3 Å².